The number of hydrogen-bond donors (Lipinski definition) is 0. The van der Waals surface area contributed by atoms with Crippen molar-refractivity contribution in [1.29, 1.82) is 0 Å². The summed E-state index contributed by atoms with van der Waals surface area (Å²) in [6.45, 7) is 9.53. The Balaban J connectivity index is 2.57. The first kappa shape index (κ1) is 13.7. The third-order valence-electron chi connectivity index (χ3n) is 2.40. The first-order valence-electron chi connectivity index (χ1n) is 5.95. The third kappa shape index (κ3) is 5.52. The fraction of sp³-hybridized carbons (Fsp3) is 0.692. The van der Waals surface area contributed by atoms with Gasteiger partial charge in [0, 0.05) is 6.54 Å². The molecule has 1 saturated carbocycles. The van der Waals surface area contributed by atoms with E-state index in [1.54, 1.807) is 0 Å². The minimum Gasteiger partial charge on any atom is -0.444 e. The van der Waals surface area contributed by atoms with E-state index < -0.39 is 11.7 Å². The van der Waals surface area contributed by atoms with Gasteiger partial charge >= 0.3 is 6.09 Å². The Morgan fingerprint density at radius 2 is 2.00 bits per heavy atom. The van der Waals surface area contributed by atoms with Crippen LogP contribution in [0, 0.1) is 5.92 Å². The smallest absolute Gasteiger partial charge is 0.410 e. The number of rotatable bonds is 5. The quantitative estimate of drug-likeness (QED) is 0.692. The Bertz CT molecular complexity index is 313. The van der Waals surface area contributed by atoms with Crippen LogP contribution in [0.15, 0.2) is 12.7 Å². The van der Waals surface area contributed by atoms with Crippen molar-refractivity contribution in [3.63, 3.8) is 0 Å². The third-order valence-corrected chi connectivity index (χ3v) is 2.40. The Morgan fingerprint density at radius 3 is 2.41 bits per heavy atom. The predicted octanol–water partition coefficient (Wildman–Crippen LogP) is 2.39. The summed E-state index contributed by atoms with van der Waals surface area (Å²) in [7, 11) is 0. The number of amides is 1. The zero-order valence-corrected chi connectivity index (χ0v) is 10.9. The molecule has 0 atom stereocenters. The van der Waals surface area contributed by atoms with Crippen molar-refractivity contribution in [3.05, 3.63) is 12.7 Å². The molecule has 0 heterocycles. The molecule has 0 spiro atoms. The number of ether oxygens (including phenoxy) is 1. The van der Waals surface area contributed by atoms with Crippen LogP contribution >= 0.6 is 0 Å². The van der Waals surface area contributed by atoms with Gasteiger partial charge < -0.3 is 9.64 Å². The van der Waals surface area contributed by atoms with E-state index in [2.05, 4.69) is 6.58 Å². The fourth-order valence-electron chi connectivity index (χ4n) is 1.39. The summed E-state index contributed by atoms with van der Waals surface area (Å²) < 4.78 is 5.27. The molecule has 0 saturated heterocycles. The Morgan fingerprint density at radius 1 is 1.41 bits per heavy atom. The van der Waals surface area contributed by atoms with E-state index >= 15 is 0 Å². The average Bonchev–Trinajstić information content (AvgIpc) is 2.97. The molecule has 1 rings (SSSR count). The zero-order valence-electron chi connectivity index (χ0n) is 10.9. The van der Waals surface area contributed by atoms with Crippen LogP contribution in [0.4, 0.5) is 4.79 Å². The summed E-state index contributed by atoms with van der Waals surface area (Å²) in [5.74, 6) is 0.372. The maximum Gasteiger partial charge on any atom is 0.410 e. The van der Waals surface area contributed by atoms with Crippen LogP contribution in [0.2, 0.25) is 0 Å². The largest absolute Gasteiger partial charge is 0.444 e. The summed E-state index contributed by atoms with van der Waals surface area (Å²) in [6.07, 6.45) is 3.08. The molecule has 1 fully saturated rings. The zero-order chi connectivity index (χ0) is 13.1. The maximum atomic E-state index is 11.9. The maximum absolute atomic E-state index is 11.9. The lowest BCUT2D eigenvalue weighted by molar-refractivity contribution is -0.115. The first-order chi connectivity index (χ1) is 7.81. The molecule has 1 aliphatic carbocycles. The van der Waals surface area contributed by atoms with Crippen molar-refractivity contribution < 1.29 is 14.3 Å². The monoisotopic (exact) mass is 239 g/mol. The van der Waals surface area contributed by atoms with Crippen molar-refractivity contribution in [2.45, 2.75) is 39.2 Å². The van der Waals surface area contributed by atoms with Crippen molar-refractivity contribution >= 4 is 11.9 Å². The molecule has 4 nitrogen and oxygen atoms in total. The van der Waals surface area contributed by atoms with Gasteiger partial charge in [-0.3, -0.25) is 4.79 Å². The Hall–Kier alpha value is -1.32. The molecule has 17 heavy (non-hydrogen) atoms. The molecule has 96 valence electrons. The molecule has 0 unspecified atom stereocenters. The molecule has 0 aromatic carbocycles. The van der Waals surface area contributed by atoms with Crippen molar-refractivity contribution in [2.75, 3.05) is 13.1 Å². The van der Waals surface area contributed by atoms with Crippen LogP contribution in [0.25, 0.3) is 0 Å². The number of carbonyl (C=O) groups is 2. The molecule has 0 aromatic rings. The van der Waals surface area contributed by atoms with E-state index in [9.17, 15) is 9.59 Å². The van der Waals surface area contributed by atoms with E-state index in [0.29, 0.717) is 12.5 Å². The second-order valence-electron chi connectivity index (χ2n) is 5.47. The second-order valence-corrected chi connectivity index (χ2v) is 5.47. The van der Waals surface area contributed by atoms with Crippen LogP contribution < -0.4 is 0 Å². The van der Waals surface area contributed by atoms with Crippen molar-refractivity contribution in [3.8, 4) is 0 Å². The van der Waals surface area contributed by atoms with Crippen LogP contribution in [-0.4, -0.2) is 35.5 Å². The number of nitrogens with zero attached hydrogens (tertiary/aromatic N) is 1. The predicted molar refractivity (Wildman–Crippen MR) is 65.7 cm³/mol. The average molecular weight is 239 g/mol. The van der Waals surface area contributed by atoms with Gasteiger partial charge in [0.2, 0.25) is 0 Å². The van der Waals surface area contributed by atoms with Gasteiger partial charge in [0.1, 0.15) is 5.60 Å². The molecular formula is C13H21NO3. The van der Waals surface area contributed by atoms with E-state index in [-0.39, 0.29) is 12.3 Å². The molecular weight excluding hydrogens is 218 g/mol. The van der Waals surface area contributed by atoms with E-state index in [4.69, 9.17) is 4.74 Å². The standard InChI is InChI=1S/C13H21NO3/c1-5-11(15)9-14(8-10-6-7-10)12(16)17-13(2,3)4/h5,10H,1,6-9H2,2-4H3. The van der Waals surface area contributed by atoms with Crippen LogP contribution in [0.5, 0.6) is 0 Å². The number of hydrogen-bond acceptors (Lipinski definition) is 3. The first-order valence-corrected chi connectivity index (χ1v) is 5.95. The molecule has 1 amide bonds. The molecule has 1 aliphatic rings. The molecule has 0 aliphatic heterocycles. The lowest BCUT2D eigenvalue weighted by atomic mass is 10.2. The summed E-state index contributed by atoms with van der Waals surface area (Å²) in [5.41, 5.74) is -0.532. The van der Waals surface area contributed by atoms with E-state index in [1.807, 2.05) is 20.8 Å². The fourth-order valence-corrected chi connectivity index (χ4v) is 1.39. The molecule has 0 N–H and O–H groups in total. The van der Waals surface area contributed by atoms with Gasteiger partial charge in [0.05, 0.1) is 6.54 Å². The minimum atomic E-state index is -0.532. The lowest BCUT2D eigenvalue weighted by Crippen LogP contribution is -2.40. The topological polar surface area (TPSA) is 46.6 Å². The summed E-state index contributed by atoms with van der Waals surface area (Å²) in [5, 5.41) is 0. The highest BCUT2D eigenvalue weighted by Gasteiger charge is 2.30. The molecule has 4 heteroatoms. The minimum absolute atomic E-state index is 0.0644. The second kappa shape index (κ2) is 5.34. The van der Waals surface area contributed by atoms with Crippen LogP contribution in [-0.2, 0) is 9.53 Å². The van der Waals surface area contributed by atoms with Gasteiger partial charge in [-0.15, -0.1) is 0 Å². The lowest BCUT2D eigenvalue weighted by Gasteiger charge is -2.26. The SMILES string of the molecule is C=CC(=O)CN(CC1CC1)C(=O)OC(C)(C)C. The van der Waals surface area contributed by atoms with Crippen LogP contribution in [0.1, 0.15) is 33.6 Å². The normalized spacial score (nSPS) is 15.2. The van der Waals surface area contributed by atoms with Gasteiger partial charge in [0.15, 0.2) is 5.78 Å². The Kier molecular flexibility index (Phi) is 4.32. The van der Waals surface area contributed by atoms with Crippen molar-refractivity contribution in [2.24, 2.45) is 5.92 Å². The summed E-state index contributed by atoms with van der Waals surface area (Å²) in [4.78, 5) is 24.7. The van der Waals surface area contributed by atoms with Gasteiger partial charge in [-0.2, -0.15) is 0 Å². The van der Waals surface area contributed by atoms with Gasteiger partial charge in [-0.1, -0.05) is 6.58 Å². The highest BCUT2D eigenvalue weighted by Crippen LogP contribution is 2.30. The van der Waals surface area contributed by atoms with Gasteiger partial charge in [-0.25, -0.2) is 4.79 Å². The van der Waals surface area contributed by atoms with Crippen LogP contribution in [0.3, 0.4) is 0 Å². The van der Waals surface area contributed by atoms with Gasteiger partial charge in [0.25, 0.3) is 0 Å². The van der Waals surface area contributed by atoms with Gasteiger partial charge in [-0.05, 0) is 45.6 Å². The highest BCUT2D eigenvalue weighted by atomic mass is 16.6. The van der Waals surface area contributed by atoms with E-state index in [1.165, 1.54) is 11.0 Å². The molecule has 0 aromatic heterocycles. The molecule has 0 radical (unpaired) electrons. The summed E-state index contributed by atoms with van der Waals surface area (Å²) in [6, 6.07) is 0. The highest BCUT2D eigenvalue weighted by molar-refractivity contribution is 5.92. The van der Waals surface area contributed by atoms with Crippen molar-refractivity contribution in [1.82, 2.24) is 4.90 Å². The number of carbonyl (C=O) groups excluding carboxylic acids is 2. The number of ketones is 1. The summed E-state index contributed by atoms with van der Waals surface area (Å²) >= 11 is 0. The molecule has 0 bridgehead atoms. The van der Waals surface area contributed by atoms with E-state index in [0.717, 1.165) is 12.8 Å². The Labute approximate surface area is 103 Å².